The zero-order valence-electron chi connectivity index (χ0n) is 15.6. The first-order valence-corrected chi connectivity index (χ1v) is 9.08. The molecular formula is C23H23NO3. The summed E-state index contributed by atoms with van der Waals surface area (Å²) in [5.41, 5.74) is 2.65. The first-order chi connectivity index (χ1) is 13.1. The predicted octanol–water partition coefficient (Wildman–Crippen LogP) is 4.57. The number of esters is 1. The van der Waals surface area contributed by atoms with E-state index in [-0.39, 0.29) is 18.6 Å². The zero-order valence-corrected chi connectivity index (χ0v) is 15.6. The second-order valence-electron chi connectivity index (χ2n) is 6.58. The molecule has 0 saturated heterocycles. The minimum Gasteiger partial charge on any atom is -0.452 e. The summed E-state index contributed by atoms with van der Waals surface area (Å²) in [5.74, 6) is -0.809. The third kappa shape index (κ3) is 4.73. The molecule has 4 nitrogen and oxygen atoms in total. The highest BCUT2D eigenvalue weighted by Crippen LogP contribution is 2.18. The van der Waals surface area contributed by atoms with Gasteiger partial charge in [-0.15, -0.1) is 0 Å². The van der Waals surface area contributed by atoms with Crippen LogP contribution in [0.25, 0.3) is 10.8 Å². The van der Waals surface area contributed by atoms with Gasteiger partial charge in [0, 0.05) is 0 Å². The summed E-state index contributed by atoms with van der Waals surface area (Å²) in [6, 6.07) is 21.1. The zero-order chi connectivity index (χ0) is 19.2. The molecule has 0 aliphatic rings. The third-order valence-corrected chi connectivity index (χ3v) is 4.54. The molecule has 0 aliphatic carbocycles. The molecular weight excluding hydrogens is 338 g/mol. The van der Waals surface area contributed by atoms with Crippen molar-refractivity contribution in [2.24, 2.45) is 0 Å². The number of carbonyl (C=O) groups excluding carboxylic acids is 2. The van der Waals surface area contributed by atoms with Crippen LogP contribution in [-0.2, 0) is 9.53 Å². The Morgan fingerprint density at radius 2 is 1.67 bits per heavy atom. The molecule has 0 unspecified atom stereocenters. The number of benzene rings is 3. The fourth-order valence-corrected chi connectivity index (χ4v) is 2.99. The van der Waals surface area contributed by atoms with Crippen molar-refractivity contribution in [2.45, 2.75) is 26.3 Å². The highest BCUT2D eigenvalue weighted by Gasteiger charge is 2.15. The quantitative estimate of drug-likeness (QED) is 0.654. The number of hydrogen-bond donors (Lipinski definition) is 1. The maximum absolute atomic E-state index is 12.3. The molecule has 0 heterocycles. The molecule has 0 spiro atoms. The summed E-state index contributed by atoms with van der Waals surface area (Å²) >= 11 is 0. The highest BCUT2D eigenvalue weighted by atomic mass is 16.5. The van der Waals surface area contributed by atoms with Crippen LogP contribution in [0, 0.1) is 6.92 Å². The van der Waals surface area contributed by atoms with Crippen LogP contribution in [0.2, 0.25) is 0 Å². The molecule has 138 valence electrons. The number of amides is 1. The van der Waals surface area contributed by atoms with Crippen molar-refractivity contribution in [3.05, 3.63) is 83.4 Å². The van der Waals surface area contributed by atoms with E-state index in [4.69, 9.17) is 4.74 Å². The van der Waals surface area contributed by atoms with Crippen molar-refractivity contribution < 1.29 is 14.3 Å². The monoisotopic (exact) mass is 361 g/mol. The van der Waals surface area contributed by atoms with Gasteiger partial charge in [0.05, 0.1) is 11.6 Å². The van der Waals surface area contributed by atoms with E-state index in [1.165, 1.54) is 5.56 Å². The van der Waals surface area contributed by atoms with Gasteiger partial charge in [0.25, 0.3) is 5.91 Å². The molecule has 0 bridgehead atoms. The van der Waals surface area contributed by atoms with Gasteiger partial charge in [-0.05, 0) is 41.8 Å². The van der Waals surface area contributed by atoms with Crippen molar-refractivity contribution >= 4 is 22.6 Å². The van der Waals surface area contributed by atoms with Crippen LogP contribution in [0.15, 0.2) is 66.7 Å². The van der Waals surface area contributed by atoms with Gasteiger partial charge < -0.3 is 10.1 Å². The van der Waals surface area contributed by atoms with Crippen molar-refractivity contribution in [3.63, 3.8) is 0 Å². The standard InChI is InChI=1S/C23H23NO3/c1-3-21(18-10-8-16(2)9-11-18)24-22(25)15-27-23(26)20-13-12-17-6-4-5-7-19(17)14-20/h4-14,21H,3,15H2,1-2H3,(H,24,25)/t21-/m0/s1. The average molecular weight is 361 g/mol. The molecule has 3 aromatic rings. The Bertz CT molecular complexity index is 947. The van der Waals surface area contributed by atoms with E-state index < -0.39 is 5.97 Å². The number of ether oxygens (including phenoxy) is 1. The van der Waals surface area contributed by atoms with E-state index in [0.29, 0.717) is 5.56 Å². The van der Waals surface area contributed by atoms with Gasteiger partial charge in [-0.25, -0.2) is 4.79 Å². The Labute approximate surface area is 159 Å². The minimum atomic E-state index is -0.501. The van der Waals surface area contributed by atoms with E-state index in [2.05, 4.69) is 5.32 Å². The van der Waals surface area contributed by atoms with E-state index in [0.717, 1.165) is 22.8 Å². The van der Waals surface area contributed by atoms with Gasteiger partial charge in [-0.2, -0.15) is 0 Å². The van der Waals surface area contributed by atoms with Crippen LogP contribution in [0.5, 0.6) is 0 Å². The summed E-state index contributed by atoms with van der Waals surface area (Å²) in [5, 5.41) is 4.93. The molecule has 4 heteroatoms. The number of rotatable bonds is 6. The van der Waals surface area contributed by atoms with Crippen molar-refractivity contribution in [1.82, 2.24) is 5.32 Å². The van der Waals surface area contributed by atoms with Gasteiger partial charge in [0.2, 0.25) is 0 Å². The Morgan fingerprint density at radius 1 is 0.963 bits per heavy atom. The molecule has 1 atom stereocenters. The molecule has 3 rings (SSSR count). The lowest BCUT2D eigenvalue weighted by Crippen LogP contribution is -2.32. The Balaban J connectivity index is 1.58. The van der Waals surface area contributed by atoms with Crippen LogP contribution in [-0.4, -0.2) is 18.5 Å². The molecule has 27 heavy (non-hydrogen) atoms. The van der Waals surface area contributed by atoms with Crippen molar-refractivity contribution in [1.29, 1.82) is 0 Å². The third-order valence-electron chi connectivity index (χ3n) is 4.54. The molecule has 0 aliphatic heterocycles. The van der Waals surface area contributed by atoms with Crippen molar-refractivity contribution in [3.8, 4) is 0 Å². The first-order valence-electron chi connectivity index (χ1n) is 9.08. The van der Waals surface area contributed by atoms with Gasteiger partial charge in [0.15, 0.2) is 6.61 Å². The fourth-order valence-electron chi connectivity index (χ4n) is 2.99. The normalized spacial score (nSPS) is 11.8. The molecule has 0 radical (unpaired) electrons. The number of aryl methyl sites for hydroxylation is 1. The molecule has 0 fully saturated rings. The van der Waals surface area contributed by atoms with Gasteiger partial charge in [0.1, 0.15) is 0 Å². The SMILES string of the molecule is CC[C@H](NC(=O)COC(=O)c1ccc2ccccc2c1)c1ccc(C)cc1. The Kier molecular flexibility index (Phi) is 5.87. The minimum absolute atomic E-state index is 0.0996. The van der Waals surface area contributed by atoms with E-state index in [1.54, 1.807) is 12.1 Å². The molecule has 0 saturated carbocycles. The van der Waals surface area contributed by atoms with E-state index >= 15 is 0 Å². The summed E-state index contributed by atoms with van der Waals surface area (Å²) in [4.78, 5) is 24.5. The van der Waals surface area contributed by atoms with Crippen LogP contribution in [0.4, 0.5) is 0 Å². The van der Waals surface area contributed by atoms with Gasteiger partial charge >= 0.3 is 5.97 Å². The molecule has 1 N–H and O–H groups in total. The lowest BCUT2D eigenvalue weighted by Gasteiger charge is -2.17. The van der Waals surface area contributed by atoms with Crippen LogP contribution in [0.1, 0.15) is 40.9 Å². The Morgan fingerprint density at radius 3 is 2.37 bits per heavy atom. The number of carbonyl (C=O) groups is 2. The number of hydrogen-bond acceptors (Lipinski definition) is 3. The maximum Gasteiger partial charge on any atom is 0.338 e. The van der Waals surface area contributed by atoms with E-state index in [9.17, 15) is 9.59 Å². The van der Waals surface area contributed by atoms with Gasteiger partial charge in [-0.3, -0.25) is 4.79 Å². The topological polar surface area (TPSA) is 55.4 Å². The second-order valence-corrected chi connectivity index (χ2v) is 6.58. The highest BCUT2D eigenvalue weighted by molar-refractivity contribution is 5.96. The largest absolute Gasteiger partial charge is 0.452 e. The Hall–Kier alpha value is -3.14. The summed E-state index contributed by atoms with van der Waals surface area (Å²) in [6.07, 6.45) is 0.757. The lowest BCUT2D eigenvalue weighted by molar-refractivity contribution is -0.125. The summed E-state index contributed by atoms with van der Waals surface area (Å²) < 4.78 is 5.19. The smallest absolute Gasteiger partial charge is 0.338 e. The number of nitrogens with one attached hydrogen (secondary N) is 1. The van der Waals surface area contributed by atoms with Crippen LogP contribution >= 0.6 is 0 Å². The number of fused-ring (bicyclic) bond motifs is 1. The van der Waals surface area contributed by atoms with Crippen LogP contribution < -0.4 is 5.32 Å². The second kappa shape index (κ2) is 8.49. The van der Waals surface area contributed by atoms with Crippen molar-refractivity contribution in [2.75, 3.05) is 6.61 Å². The lowest BCUT2D eigenvalue weighted by atomic mass is 10.0. The van der Waals surface area contributed by atoms with Gasteiger partial charge in [-0.1, -0.05) is 67.1 Å². The van der Waals surface area contributed by atoms with Crippen LogP contribution in [0.3, 0.4) is 0 Å². The summed E-state index contributed by atoms with van der Waals surface area (Å²) in [7, 11) is 0. The molecule has 1 amide bonds. The fraction of sp³-hybridized carbons (Fsp3) is 0.217. The molecule has 3 aromatic carbocycles. The van der Waals surface area contributed by atoms with E-state index in [1.807, 2.05) is 68.4 Å². The molecule has 0 aromatic heterocycles. The first kappa shape index (κ1) is 18.6. The average Bonchev–Trinajstić information content (AvgIpc) is 2.70. The summed E-state index contributed by atoms with van der Waals surface area (Å²) in [6.45, 7) is 3.73. The maximum atomic E-state index is 12.3. The predicted molar refractivity (Wildman–Crippen MR) is 107 cm³/mol.